The van der Waals surface area contributed by atoms with Gasteiger partial charge in [0.1, 0.15) is 5.82 Å². The highest BCUT2D eigenvalue weighted by molar-refractivity contribution is 6.28. The zero-order chi connectivity index (χ0) is 25.3. The molecule has 3 N–H and O–H groups in total. The fourth-order valence-corrected chi connectivity index (χ4v) is 3.72. The van der Waals surface area contributed by atoms with Crippen LogP contribution in [0.15, 0.2) is 24.3 Å². The Labute approximate surface area is 202 Å². The number of methoxy groups -OCH3 is 2. The van der Waals surface area contributed by atoms with E-state index in [0.29, 0.717) is 16.8 Å². The molecule has 1 amide bonds. The summed E-state index contributed by atoms with van der Waals surface area (Å²) >= 11 is 6.05. The predicted molar refractivity (Wildman–Crippen MR) is 119 cm³/mol. The average molecular weight is 510 g/mol. The maximum Gasteiger partial charge on any atom is 0.416 e. The maximum atomic E-state index is 13.1. The number of carbonyl (C=O) groups is 1. The first-order chi connectivity index (χ1) is 16.6. The van der Waals surface area contributed by atoms with E-state index in [1.807, 2.05) is 0 Å². The fourth-order valence-electron chi connectivity index (χ4n) is 3.53. The molecule has 184 valence electrons. The number of alkyl halides is 3. The van der Waals surface area contributed by atoms with Gasteiger partial charge in [0.25, 0.3) is 5.91 Å². The van der Waals surface area contributed by atoms with Crippen molar-refractivity contribution in [2.24, 2.45) is 0 Å². The first kappa shape index (κ1) is 24.3. The normalized spacial score (nSPS) is 12.9. The molecule has 3 heterocycles. The molecule has 2 aromatic heterocycles. The molecule has 0 unspecified atom stereocenters. The number of nitrogens with one attached hydrogen (secondary N) is 1. The molecule has 0 saturated heterocycles. The zero-order valence-electron chi connectivity index (χ0n) is 18.5. The molecule has 0 spiro atoms. The molecule has 0 atom stereocenters. The van der Waals surface area contributed by atoms with Crippen molar-refractivity contribution in [3.63, 3.8) is 0 Å². The van der Waals surface area contributed by atoms with Crippen LogP contribution in [0.25, 0.3) is 0 Å². The van der Waals surface area contributed by atoms with Crippen molar-refractivity contribution in [2.45, 2.75) is 25.8 Å². The number of benzene rings is 1. The lowest BCUT2D eigenvalue weighted by molar-refractivity contribution is -0.137. The molecule has 0 saturated carbocycles. The number of hydrogen-bond acceptors (Lipinski definition) is 9. The van der Waals surface area contributed by atoms with Crippen molar-refractivity contribution < 1.29 is 27.4 Å². The van der Waals surface area contributed by atoms with Crippen molar-refractivity contribution in [2.75, 3.05) is 25.3 Å². The third kappa shape index (κ3) is 5.29. The zero-order valence-corrected chi connectivity index (χ0v) is 19.2. The van der Waals surface area contributed by atoms with Crippen LogP contribution < -0.4 is 20.5 Å². The molecule has 4 rings (SSSR count). The van der Waals surface area contributed by atoms with Crippen molar-refractivity contribution in [1.82, 2.24) is 24.8 Å². The first-order valence-electron chi connectivity index (χ1n) is 10.1. The number of rotatable bonds is 6. The molecule has 35 heavy (non-hydrogen) atoms. The van der Waals surface area contributed by atoms with E-state index in [1.165, 1.54) is 31.3 Å². The second kappa shape index (κ2) is 9.41. The largest absolute Gasteiger partial charge is 0.481 e. The standard InChI is InChI=1S/C21H19ClF3N7O3/c1-34-15-6-16(35-2)30-18(29-15)19(33)32-8-13-14(9-32)28-20(22)31-17(13)27-7-10-3-11(21(23,24)25)5-12(26)4-10/h3-6H,7-9,26H2,1-2H3,(H,27,28,31). The molecular weight excluding hydrogens is 491 g/mol. The fraction of sp³-hybridized carbons (Fsp3) is 0.286. The number of nitrogens with zero attached hydrogens (tertiary/aromatic N) is 5. The van der Waals surface area contributed by atoms with E-state index in [2.05, 4.69) is 25.3 Å². The van der Waals surface area contributed by atoms with Crippen molar-refractivity contribution in [3.05, 3.63) is 57.8 Å². The minimum Gasteiger partial charge on any atom is -0.481 e. The van der Waals surface area contributed by atoms with Gasteiger partial charge in [-0.2, -0.15) is 23.1 Å². The summed E-state index contributed by atoms with van der Waals surface area (Å²) in [6.07, 6.45) is -4.53. The second-order valence-corrected chi connectivity index (χ2v) is 7.86. The molecule has 0 bridgehead atoms. The Morgan fingerprint density at radius 2 is 1.77 bits per heavy atom. The van der Waals surface area contributed by atoms with Crippen LogP contribution in [0.2, 0.25) is 5.28 Å². The first-order valence-corrected chi connectivity index (χ1v) is 10.5. The minimum atomic E-state index is -4.53. The Balaban J connectivity index is 1.56. The van der Waals surface area contributed by atoms with Crippen LogP contribution >= 0.6 is 11.6 Å². The maximum absolute atomic E-state index is 13.1. The second-order valence-electron chi connectivity index (χ2n) is 7.52. The Hall–Kier alpha value is -3.87. The highest BCUT2D eigenvalue weighted by Crippen LogP contribution is 2.33. The van der Waals surface area contributed by atoms with Crippen LogP contribution in [-0.2, 0) is 25.8 Å². The summed E-state index contributed by atoms with van der Waals surface area (Å²) in [6, 6.07) is 4.72. The van der Waals surface area contributed by atoms with Crippen LogP contribution in [-0.4, -0.2) is 45.0 Å². The number of ether oxygens (including phenoxy) is 2. The molecule has 3 aromatic rings. The SMILES string of the molecule is COc1cc(OC)nc(C(=O)N2Cc3nc(Cl)nc(NCc4cc(N)cc(C(F)(F)F)c4)c3C2)n1. The number of aromatic nitrogens is 4. The van der Waals surface area contributed by atoms with Gasteiger partial charge in [-0.1, -0.05) is 0 Å². The lowest BCUT2D eigenvalue weighted by Crippen LogP contribution is -2.27. The van der Waals surface area contributed by atoms with E-state index in [1.54, 1.807) is 0 Å². The van der Waals surface area contributed by atoms with Gasteiger partial charge in [-0.25, -0.2) is 9.97 Å². The van der Waals surface area contributed by atoms with Crippen LogP contribution in [0.5, 0.6) is 11.8 Å². The highest BCUT2D eigenvalue weighted by atomic mass is 35.5. The Bertz CT molecular complexity index is 1270. The minimum absolute atomic E-state index is 0.0158. The summed E-state index contributed by atoms with van der Waals surface area (Å²) in [5, 5.41) is 2.90. The van der Waals surface area contributed by atoms with E-state index in [4.69, 9.17) is 26.8 Å². The molecule has 0 aliphatic carbocycles. The summed E-state index contributed by atoms with van der Waals surface area (Å²) < 4.78 is 49.5. The lowest BCUT2D eigenvalue weighted by Gasteiger charge is -2.15. The van der Waals surface area contributed by atoms with E-state index in [-0.39, 0.29) is 54.0 Å². The number of hydrogen-bond donors (Lipinski definition) is 2. The monoisotopic (exact) mass is 509 g/mol. The van der Waals surface area contributed by atoms with Crippen LogP contribution in [0.3, 0.4) is 0 Å². The average Bonchev–Trinajstić information content (AvgIpc) is 3.24. The number of nitrogen functional groups attached to an aromatic ring is 1. The third-order valence-corrected chi connectivity index (χ3v) is 5.30. The van der Waals surface area contributed by atoms with Gasteiger partial charge in [-0.3, -0.25) is 4.79 Å². The number of anilines is 2. The van der Waals surface area contributed by atoms with Gasteiger partial charge in [-0.05, 0) is 35.4 Å². The number of nitrogens with two attached hydrogens (primary N) is 1. The van der Waals surface area contributed by atoms with Gasteiger partial charge in [0.15, 0.2) is 0 Å². The predicted octanol–water partition coefficient (Wildman–Crippen LogP) is 3.31. The van der Waals surface area contributed by atoms with Crippen LogP contribution in [0.4, 0.5) is 24.7 Å². The molecule has 1 aliphatic rings. The van der Waals surface area contributed by atoms with Gasteiger partial charge >= 0.3 is 6.18 Å². The smallest absolute Gasteiger partial charge is 0.416 e. The summed E-state index contributed by atoms with van der Waals surface area (Å²) in [5.74, 6) is -0.0460. The summed E-state index contributed by atoms with van der Waals surface area (Å²) in [7, 11) is 2.80. The molecule has 0 radical (unpaired) electrons. The number of fused-ring (bicyclic) bond motifs is 1. The third-order valence-electron chi connectivity index (χ3n) is 5.13. The summed E-state index contributed by atoms with van der Waals surface area (Å²) in [4.78, 5) is 31.0. The Morgan fingerprint density at radius 1 is 1.09 bits per heavy atom. The van der Waals surface area contributed by atoms with Gasteiger partial charge < -0.3 is 25.4 Å². The van der Waals surface area contributed by atoms with Gasteiger partial charge in [0, 0.05) is 17.8 Å². The molecule has 1 aromatic carbocycles. The van der Waals surface area contributed by atoms with Crippen LogP contribution in [0, 0.1) is 0 Å². The lowest BCUT2D eigenvalue weighted by atomic mass is 10.1. The Morgan fingerprint density at radius 3 is 2.40 bits per heavy atom. The van der Waals surface area contributed by atoms with Crippen molar-refractivity contribution in [3.8, 4) is 11.8 Å². The van der Waals surface area contributed by atoms with E-state index < -0.39 is 17.6 Å². The van der Waals surface area contributed by atoms with Crippen molar-refractivity contribution >= 4 is 29.0 Å². The molecule has 10 nitrogen and oxygen atoms in total. The number of amides is 1. The summed E-state index contributed by atoms with van der Waals surface area (Å²) in [5.41, 5.74) is 6.11. The van der Waals surface area contributed by atoms with E-state index in [9.17, 15) is 18.0 Å². The molecular formula is C21H19ClF3N7O3. The van der Waals surface area contributed by atoms with Gasteiger partial charge in [0.2, 0.25) is 22.9 Å². The van der Waals surface area contributed by atoms with E-state index in [0.717, 1.165) is 12.1 Å². The molecule has 14 heteroatoms. The van der Waals surface area contributed by atoms with Crippen molar-refractivity contribution in [1.29, 1.82) is 0 Å². The van der Waals surface area contributed by atoms with Crippen LogP contribution in [0.1, 0.15) is 33.0 Å². The molecule has 1 aliphatic heterocycles. The molecule has 0 fully saturated rings. The van der Waals surface area contributed by atoms with Gasteiger partial charge in [-0.15, -0.1) is 0 Å². The highest BCUT2D eigenvalue weighted by Gasteiger charge is 2.32. The number of carbonyl (C=O) groups excluding carboxylic acids is 1. The summed E-state index contributed by atoms with van der Waals surface area (Å²) in [6.45, 7) is 0.184. The van der Waals surface area contributed by atoms with E-state index >= 15 is 0 Å². The number of halogens is 4. The Kier molecular flexibility index (Phi) is 6.52. The quantitative estimate of drug-likeness (QED) is 0.380. The van der Waals surface area contributed by atoms with Gasteiger partial charge in [0.05, 0.1) is 44.6 Å². The topological polar surface area (TPSA) is 128 Å².